The quantitative estimate of drug-likeness (QED) is 0.479. The van der Waals surface area contributed by atoms with Crippen molar-refractivity contribution in [1.29, 1.82) is 0 Å². The summed E-state index contributed by atoms with van der Waals surface area (Å²) in [6, 6.07) is 0. The van der Waals surface area contributed by atoms with Crippen molar-refractivity contribution in [1.82, 2.24) is 0 Å². The third-order valence-electron chi connectivity index (χ3n) is 1.55. The Balaban J connectivity index is 0.000000371. The van der Waals surface area contributed by atoms with Crippen LogP contribution in [0.4, 0.5) is 0 Å². The lowest BCUT2D eigenvalue weighted by atomic mass is 10.0. The molecule has 0 aromatic rings. The zero-order valence-electron chi connectivity index (χ0n) is 7.44. The largest absolute Gasteiger partial charge is 0.0807 e. The third-order valence-corrected chi connectivity index (χ3v) is 1.55. The molecule has 0 heterocycles. The molecule has 0 bridgehead atoms. The molecule has 0 spiro atoms. The van der Waals surface area contributed by atoms with Crippen molar-refractivity contribution in [2.75, 3.05) is 0 Å². The summed E-state index contributed by atoms with van der Waals surface area (Å²) >= 11 is 0. The Labute approximate surface area is 64.6 Å². The second-order valence-corrected chi connectivity index (χ2v) is 2.21. The van der Waals surface area contributed by atoms with Crippen LogP contribution in [0, 0.1) is 6.42 Å². The monoisotopic (exact) mass is 137 g/mol. The number of allylic oxidation sites excluding steroid dienone is 4. The van der Waals surface area contributed by atoms with Crippen LogP contribution >= 0.6 is 0 Å². The van der Waals surface area contributed by atoms with Crippen LogP contribution in [0.25, 0.3) is 0 Å². The van der Waals surface area contributed by atoms with Crippen molar-refractivity contribution in [3.63, 3.8) is 0 Å². The lowest BCUT2D eigenvalue weighted by Crippen LogP contribution is -1.85. The summed E-state index contributed by atoms with van der Waals surface area (Å²) in [7, 11) is 0. The summed E-state index contributed by atoms with van der Waals surface area (Å²) in [4.78, 5) is 0. The average Bonchev–Trinajstić information content (AvgIpc) is 2.00. The minimum Gasteiger partial charge on any atom is -0.0807 e. The maximum Gasteiger partial charge on any atom is -0.0127 e. The number of rotatable bonds is 0. The van der Waals surface area contributed by atoms with Gasteiger partial charge >= 0.3 is 0 Å². The van der Waals surface area contributed by atoms with E-state index in [1.165, 1.54) is 11.1 Å². The number of hydrogen-bond acceptors (Lipinski definition) is 0. The molecule has 0 N–H and O–H groups in total. The van der Waals surface area contributed by atoms with Crippen LogP contribution in [0.15, 0.2) is 23.3 Å². The molecule has 0 saturated heterocycles. The predicted octanol–water partition coefficient (Wildman–Crippen LogP) is 3.51. The Bertz CT molecular complexity index is 120. The standard InChI is InChI=1S/C8H11.C2H6/c1-7-5-3-4-6-8(7)2;1-2/h3,5-6H,4H2,1-2H3;1-2H3. The highest BCUT2D eigenvalue weighted by molar-refractivity contribution is 5.33. The fourth-order valence-electron chi connectivity index (χ4n) is 0.782. The first-order chi connectivity index (χ1) is 4.80. The molecule has 0 fully saturated rings. The fourth-order valence-corrected chi connectivity index (χ4v) is 0.782. The van der Waals surface area contributed by atoms with E-state index in [1.54, 1.807) is 0 Å². The van der Waals surface area contributed by atoms with Gasteiger partial charge in [0.25, 0.3) is 0 Å². The average molecular weight is 137 g/mol. The Kier molecular flexibility index (Phi) is 5.00. The molecular formula is C10H17. The highest BCUT2D eigenvalue weighted by Gasteiger charge is 1.95. The van der Waals surface area contributed by atoms with Gasteiger partial charge in [-0.15, -0.1) is 0 Å². The molecular weight excluding hydrogens is 120 g/mol. The second-order valence-electron chi connectivity index (χ2n) is 2.21. The van der Waals surface area contributed by atoms with E-state index >= 15 is 0 Å². The molecule has 1 aliphatic rings. The molecule has 57 valence electrons. The molecule has 0 nitrogen and oxygen atoms in total. The van der Waals surface area contributed by atoms with Crippen LogP contribution in [0.3, 0.4) is 0 Å². The molecule has 0 aliphatic heterocycles. The van der Waals surface area contributed by atoms with E-state index < -0.39 is 0 Å². The topological polar surface area (TPSA) is 0 Å². The van der Waals surface area contributed by atoms with Crippen molar-refractivity contribution in [3.8, 4) is 0 Å². The van der Waals surface area contributed by atoms with Crippen molar-refractivity contribution in [2.45, 2.75) is 34.1 Å². The van der Waals surface area contributed by atoms with Gasteiger partial charge in [-0.25, -0.2) is 0 Å². The summed E-state index contributed by atoms with van der Waals surface area (Å²) < 4.78 is 0. The maximum atomic E-state index is 2.25. The van der Waals surface area contributed by atoms with E-state index in [0.29, 0.717) is 0 Å². The lowest BCUT2D eigenvalue weighted by Gasteiger charge is -2.05. The Morgan fingerprint density at radius 3 is 2.00 bits per heavy atom. The van der Waals surface area contributed by atoms with Gasteiger partial charge < -0.3 is 0 Å². The normalized spacial score (nSPS) is 16.4. The fraction of sp³-hybridized carbons (Fsp3) is 0.500. The molecule has 1 radical (unpaired) electrons. The van der Waals surface area contributed by atoms with Crippen LogP contribution in [0.5, 0.6) is 0 Å². The molecule has 0 aromatic heterocycles. The van der Waals surface area contributed by atoms with Gasteiger partial charge in [-0.3, -0.25) is 0 Å². The molecule has 0 heteroatoms. The molecule has 0 aromatic carbocycles. The van der Waals surface area contributed by atoms with Crippen LogP contribution in [-0.2, 0) is 0 Å². The third kappa shape index (κ3) is 2.86. The summed E-state index contributed by atoms with van der Waals surface area (Å²) in [5.74, 6) is 0. The Hall–Kier alpha value is -0.520. The van der Waals surface area contributed by atoms with E-state index in [9.17, 15) is 0 Å². The van der Waals surface area contributed by atoms with Crippen LogP contribution < -0.4 is 0 Å². The van der Waals surface area contributed by atoms with Gasteiger partial charge in [0.05, 0.1) is 0 Å². The molecule has 10 heavy (non-hydrogen) atoms. The SMILES string of the molecule is CC.CC1=C[CH]CC=C1C. The van der Waals surface area contributed by atoms with E-state index in [2.05, 4.69) is 32.4 Å². The molecule has 1 aliphatic carbocycles. The van der Waals surface area contributed by atoms with E-state index in [0.717, 1.165) is 6.42 Å². The molecule has 1 rings (SSSR count). The van der Waals surface area contributed by atoms with E-state index in [4.69, 9.17) is 0 Å². The van der Waals surface area contributed by atoms with Gasteiger partial charge in [0.2, 0.25) is 0 Å². The van der Waals surface area contributed by atoms with Crippen LogP contribution in [0.1, 0.15) is 34.1 Å². The van der Waals surface area contributed by atoms with Gasteiger partial charge in [0, 0.05) is 0 Å². The van der Waals surface area contributed by atoms with Gasteiger partial charge in [-0.2, -0.15) is 0 Å². The number of hydrogen-bond donors (Lipinski definition) is 0. The highest BCUT2D eigenvalue weighted by atomic mass is 14.0. The highest BCUT2D eigenvalue weighted by Crippen LogP contribution is 2.15. The first-order valence-corrected chi connectivity index (χ1v) is 3.98. The van der Waals surface area contributed by atoms with Crippen molar-refractivity contribution < 1.29 is 0 Å². The van der Waals surface area contributed by atoms with Crippen molar-refractivity contribution in [3.05, 3.63) is 29.7 Å². The Morgan fingerprint density at radius 2 is 1.70 bits per heavy atom. The molecule has 0 atom stereocenters. The first-order valence-electron chi connectivity index (χ1n) is 3.98. The zero-order valence-corrected chi connectivity index (χ0v) is 7.44. The summed E-state index contributed by atoms with van der Waals surface area (Å²) in [5.41, 5.74) is 2.82. The minimum atomic E-state index is 1.11. The summed E-state index contributed by atoms with van der Waals surface area (Å²) in [6.07, 6.45) is 7.72. The summed E-state index contributed by atoms with van der Waals surface area (Å²) in [6.45, 7) is 8.29. The van der Waals surface area contributed by atoms with Crippen molar-refractivity contribution >= 4 is 0 Å². The van der Waals surface area contributed by atoms with Gasteiger partial charge in [-0.05, 0) is 26.7 Å². The van der Waals surface area contributed by atoms with E-state index in [1.807, 2.05) is 13.8 Å². The molecule has 0 amide bonds. The predicted molar refractivity (Wildman–Crippen MR) is 47.8 cm³/mol. The van der Waals surface area contributed by atoms with Crippen molar-refractivity contribution in [2.24, 2.45) is 0 Å². The Morgan fingerprint density at radius 1 is 1.10 bits per heavy atom. The summed E-state index contributed by atoms with van der Waals surface area (Å²) in [5, 5.41) is 0. The minimum absolute atomic E-state index is 1.11. The second kappa shape index (κ2) is 5.28. The first kappa shape index (κ1) is 9.48. The van der Waals surface area contributed by atoms with Gasteiger partial charge in [-0.1, -0.05) is 37.1 Å². The maximum absolute atomic E-state index is 2.25. The van der Waals surface area contributed by atoms with Gasteiger partial charge in [0.15, 0.2) is 0 Å². The van der Waals surface area contributed by atoms with Crippen LogP contribution in [0.2, 0.25) is 0 Å². The molecule has 0 saturated carbocycles. The van der Waals surface area contributed by atoms with E-state index in [-0.39, 0.29) is 0 Å². The smallest absolute Gasteiger partial charge is 0.0127 e. The van der Waals surface area contributed by atoms with Gasteiger partial charge in [0.1, 0.15) is 0 Å². The zero-order chi connectivity index (χ0) is 7.98. The molecule has 0 unspecified atom stereocenters. The lowest BCUT2D eigenvalue weighted by molar-refractivity contribution is 1.16. The van der Waals surface area contributed by atoms with Crippen LogP contribution in [-0.4, -0.2) is 0 Å².